The lowest BCUT2D eigenvalue weighted by atomic mass is 9.94. The minimum Gasteiger partial charge on any atom is -0.378 e. The Bertz CT molecular complexity index is 875. The summed E-state index contributed by atoms with van der Waals surface area (Å²) in [6, 6.07) is 3.69. The van der Waals surface area contributed by atoms with Crippen molar-refractivity contribution in [1.29, 1.82) is 0 Å². The number of amides is 1. The third kappa shape index (κ3) is 3.34. The molecule has 2 saturated heterocycles. The smallest absolute Gasteiger partial charge is 0.255 e. The summed E-state index contributed by atoms with van der Waals surface area (Å²) in [4.78, 5) is 15.2. The predicted octanol–water partition coefficient (Wildman–Crippen LogP) is 2.44. The second kappa shape index (κ2) is 6.01. The van der Waals surface area contributed by atoms with Crippen molar-refractivity contribution in [3.8, 4) is 0 Å². The van der Waals surface area contributed by atoms with Crippen LogP contribution in [-0.4, -0.2) is 62.9 Å². The minimum absolute atomic E-state index is 0.00751. The zero-order chi connectivity index (χ0) is 19.4. The zero-order valence-electron chi connectivity index (χ0n) is 16.8. The largest absolute Gasteiger partial charge is 0.378 e. The van der Waals surface area contributed by atoms with Crippen LogP contribution in [0.4, 0.5) is 0 Å². The van der Waals surface area contributed by atoms with Crippen molar-refractivity contribution in [1.82, 2.24) is 19.5 Å². The Hall–Kier alpha value is -1.99. The molecule has 2 aromatic rings. The zero-order valence-corrected chi connectivity index (χ0v) is 16.8. The molecule has 0 N–H and O–H groups in total. The van der Waals surface area contributed by atoms with E-state index < -0.39 is 11.2 Å². The second-order valence-corrected chi connectivity index (χ2v) is 9.43. The first-order chi connectivity index (χ1) is 12.6. The van der Waals surface area contributed by atoms with Gasteiger partial charge in [-0.15, -0.1) is 10.2 Å². The van der Waals surface area contributed by atoms with Crippen LogP contribution in [0.25, 0.3) is 5.65 Å². The van der Waals surface area contributed by atoms with Crippen molar-refractivity contribution in [2.45, 2.75) is 57.7 Å². The Balaban J connectivity index is 1.67. The van der Waals surface area contributed by atoms with Crippen LogP contribution >= 0.6 is 0 Å². The second-order valence-electron chi connectivity index (χ2n) is 9.43. The Morgan fingerprint density at radius 1 is 1.19 bits per heavy atom. The molecule has 1 atom stereocenters. The van der Waals surface area contributed by atoms with E-state index in [2.05, 4.69) is 31.0 Å². The molecule has 27 heavy (non-hydrogen) atoms. The van der Waals surface area contributed by atoms with Gasteiger partial charge in [-0.1, -0.05) is 20.8 Å². The van der Waals surface area contributed by atoms with Gasteiger partial charge in [0.25, 0.3) is 5.91 Å². The summed E-state index contributed by atoms with van der Waals surface area (Å²) in [6.45, 7) is 12.7. The van der Waals surface area contributed by atoms with Crippen LogP contribution in [0.5, 0.6) is 0 Å². The lowest BCUT2D eigenvalue weighted by Crippen LogP contribution is -2.61. The predicted molar refractivity (Wildman–Crippen MR) is 101 cm³/mol. The molecule has 0 bridgehead atoms. The van der Waals surface area contributed by atoms with Crippen molar-refractivity contribution < 1.29 is 14.3 Å². The number of morpholine rings is 1. The van der Waals surface area contributed by atoms with Gasteiger partial charge in [-0.2, -0.15) is 0 Å². The first kappa shape index (κ1) is 18.4. The standard InChI is InChI=1S/C20H28N4O3/c1-18(2,3)17-22-21-15-7-6-14(10-24(15)17)16(25)23-11-19(4,5)27-20(12-23)8-9-26-13-20/h6-7,10H,8-9,11-13H2,1-5H3. The molecule has 7 heteroatoms. The van der Waals surface area contributed by atoms with Crippen LogP contribution in [0.2, 0.25) is 0 Å². The molecule has 2 aliphatic rings. The van der Waals surface area contributed by atoms with E-state index in [9.17, 15) is 4.79 Å². The third-order valence-electron chi connectivity index (χ3n) is 5.22. The maximum absolute atomic E-state index is 13.3. The Morgan fingerprint density at radius 3 is 2.63 bits per heavy atom. The highest BCUT2D eigenvalue weighted by molar-refractivity contribution is 5.94. The highest BCUT2D eigenvalue weighted by atomic mass is 16.6. The number of hydrogen-bond acceptors (Lipinski definition) is 5. The van der Waals surface area contributed by atoms with E-state index in [1.165, 1.54) is 0 Å². The molecular formula is C20H28N4O3. The van der Waals surface area contributed by atoms with Gasteiger partial charge in [-0.05, 0) is 26.0 Å². The van der Waals surface area contributed by atoms with Gasteiger partial charge < -0.3 is 14.4 Å². The summed E-state index contributed by atoms with van der Waals surface area (Å²) < 4.78 is 13.8. The molecule has 0 radical (unpaired) electrons. The fraction of sp³-hybridized carbons (Fsp3) is 0.650. The number of rotatable bonds is 1. The SMILES string of the molecule is CC1(C)CN(C(=O)c2ccc3nnc(C(C)(C)C)n3c2)CC2(CCOC2)O1. The van der Waals surface area contributed by atoms with Crippen LogP contribution in [0.3, 0.4) is 0 Å². The molecule has 1 spiro atoms. The number of aromatic nitrogens is 3. The van der Waals surface area contributed by atoms with E-state index >= 15 is 0 Å². The van der Waals surface area contributed by atoms with Gasteiger partial charge in [0.15, 0.2) is 5.65 Å². The number of nitrogens with zero attached hydrogens (tertiary/aromatic N) is 4. The van der Waals surface area contributed by atoms with Crippen LogP contribution in [0, 0.1) is 0 Å². The van der Waals surface area contributed by atoms with Crippen LogP contribution < -0.4 is 0 Å². The Morgan fingerprint density at radius 2 is 1.96 bits per heavy atom. The van der Waals surface area contributed by atoms with E-state index in [0.29, 0.717) is 31.9 Å². The van der Waals surface area contributed by atoms with Crippen molar-refractivity contribution in [2.75, 3.05) is 26.3 Å². The number of pyridine rings is 1. The molecule has 4 heterocycles. The Labute approximate surface area is 159 Å². The summed E-state index contributed by atoms with van der Waals surface area (Å²) in [7, 11) is 0. The maximum Gasteiger partial charge on any atom is 0.255 e. The van der Waals surface area contributed by atoms with Crippen LogP contribution in [0.15, 0.2) is 18.3 Å². The third-order valence-corrected chi connectivity index (χ3v) is 5.22. The molecule has 2 aliphatic heterocycles. The fourth-order valence-corrected chi connectivity index (χ4v) is 4.16. The molecule has 0 saturated carbocycles. The van der Waals surface area contributed by atoms with Gasteiger partial charge in [0.2, 0.25) is 0 Å². The van der Waals surface area contributed by atoms with E-state index in [4.69, 9.17) is 9.47 Å². The van der Waals surface area contributed by atoms with Gasteiger partial charge in [0, 0.05) is 31.2 Å². The molecule has 0 aromatic carbocycles. The average Bonchev–Trinajstić information content (AvgIpc) is 3.18. The van der Waals surface area contributed by atoms with E-state index in [1.807, 2.05) is 41.5 Å². The van der Waals surface area contributed by atoms with Gasteiger partial charge in [0.05, 0.1) is 24.3 Å². The van der Waals surface area contributed by atoms with Crippen molar-refractivity contribution in [3.05, 3.63) is 29.7 Å². The number of carbonyl (C=O) groups excluding carboxylic acids is 1. The quantitative estimate of drug-likeness (QED) is 0.769. The molecule has 2 fully saturated rings. The van der Waals surface area contributed by atoms with E-state index in [1.54, 1.807) is 0 Å². The minimum atomic E-state index is -0.404. The van der Waals surface area contributed by atoms with Gasteiger partial charge >= 0.3 is 0 Å². The molecule has 7 nitrogen and oxygen atoms in total. The topological polar surface area (TPSA) is 69.0 Å². The molecule has 2 aromatic heterocycles. The molecule has 4 rings (SSSR count). The van der Waals surface area contributed by atoms with Crippen molar-refractivity contribution in [2.24, 2.45) is 0 Å². The number of fused-ring (bicyclic) bond motifs is 1. The summed E-state index contributed by atoms with van der Waals surface area (Å²) >= 11 is 0. The molecule has 146 valence electrons. The first-order valence-corrected chi connectivity index (χ1v) is 9.51. The summed E-state index contributed by atoms with van der Waals surface area (Å²) in [6.07, 6.45) is 2.68. The fourth-order valence-electron chi connectivity index (χ4n) is 4.16. The van der Waals surface area contributed by atoms with Crippen LogP contribution in [0.1, 0.15) is 57.2 Å². The van der Waals surface area contributed by atoms with E-state index in [-0.39, 0.29) is 11.3 Å². The number of carbonyl (C=O) groups is 1. The molecular weight excluding hydrogens is 344 g/mol. The summed E-state index contributed by atoms with van der Waals surface area (Å²) in [5, 5.41) is 8.54. The van der Waals surface area contributed by atoms with Crippen molar-refractivity contribution >= 4 is 11.6 Å². The highest BCUT2D eigenvalue weighted by Crippen LogP contribution is 2.35. The lowest BCUT2D eigenvalue weighted by molar-refractivity contribution is -0.186. The lowest BCUT2D eigenvalue weighted by Gasteiger charge is -2.48. The maximum atomic E-state index is 13.3. The summed E-state index contributed by atoms with van der Waals surface area (Å²) in [5.74, 6) is 0.850. The summed E-state index contributed by atoms with van der Waals surface area (Å²) in [5.41, 5.74) is 0.430. The van der Waals surface area contributed by atoms with E-state index in [0.717, 1.165) is 17.9 Å². The number of ether oxygens (including phenoxy) is 2. The highest BCUT2D eigenvalue weighted by Gasteiger charge is 2.48. The Kier molecular flexibility index (Phi) is 4.09. The van der Waals surface area contributed by atoms with Crippen LogP contribution in [-0.2, 0) is 14.9 Å². The monoisotopic (exact) mass is 372 g/mol. The number of hydrogen-bond donors (Lipinski definition) is 0. The van der Waals surface area contributed by atoms with Gasteiger partial charge in [-0.25, -0.2) is 0 Å². The van der Waals surface area contributed by atoms with Gasteiger partial charge in [0.1, 0.15) is 11.4 Å². The first-order valence-electron chi connectivity index (χ1n) is 9.51. The molecule has 1 amide bonds. The molecule has 0 aliphatic carbocycles. The van der Waals surface area contributed by atoms with Gasteiger partial charge in [-0.3, -0.25) is 9.20 Å². The normalized spacial score (nSPS) is 25.4. The van der Waals surface area contributed by atoms with Crippen molar-refractivity contribution in [3.63, 3.8) is 0 Å². The average molecular weight is 372 g/mol. The molecule has 1 unspecified atom stereocenters.